The van der Waals surface area contributed by atoms with Crippen molar-refractivity contribution < 1.29 is 18.0 Å². The Morgan fingerprint density at radius 2 is 1.39 bits per heavy atom. The maximum Gasteiger partial charge on any atom is 0.264 e. The van der Waals surface area contributed by atoms with Crippen molar-refractivity contribution in [1.82, 2.24) is 10.2 Å². The lowest BCUT2D eigenvalue weighted by Crippen LogP contribution is -2.53. The van der Waals surface area contributed by atoms with Crippen LogP contribution in [0.2, 0.25) is 5.02 Å². The fourth-order valence-corrected chi connectivity index (χ4v) is 6.21. The number of hydrogen-bond acceptors (Lipinski definition) is 4. The molecule has 0 aliphatic rings. The van der Waals surface area contributed by atoms with Crippen molar-refractivity contribution in [3.63, 3.8) is 0 Å². The molecule has 212 valence electrons. The number of carbonyl (C=O) groups excluding carboxylic acids is 2. The van der Waals surface area contributed by atoms with Crippen LogP contribution in [-0.2, 0) is 32.6 Å². The topological polar surface area (TPSA) is 86.8 Å². The summed E-state index contributed by atoms with van der Waals surface area (Å²) >= 11 is 6.10. The normalized spacial score (nSPS) is 11.9. The van der Waals surface area contributed by atoms with Gasteiger partial charge in [0.15, 0.2) is 0 Å². The highest BCUT2D eigenvalue weighted by Gasteiger charge is 2.34. The zero-order valence-corrected chi connectivity index (χ0v) is 24.5. The Kier molecular flexibility index (Phi) is 9.81. The van der Waals surface area contributed by atoms with E-state index in [4.69, 9.17) is 11.6 Å². The molecule has 1 atom stereocenters. The molecule has 4 aromatic carbocycles. The van der Waals surface area contributed by atoms with Gasteiger partial charge in [-0.1, -0.05) is 90.5 Å². The number of para-hydroxylation sites is 1. The summed E-state index contributed by atoms with van der Waals surface area (Å²) in [6.07, 6.45) is 0.246. The average molecular weight is 590 g/mol. The van der Waals surface area contributed by atoms with Crippen molar-refractivity contribution in [3.8, 4) is 0 Å². The van der Waals surface area contributed by atoms with Gasteiger partial charge >= 0.3 is 0 Å². The summed E-state index contributed by atoms with van der Waals surface area (Å²) in [5.74, 6) is -0.878. The standard InChI is InChI=1S/C32H32ClN3O4S/c1-24-11-9-10-16-29(24)36(41(39,40)28-14-7-4-8-15-28)23-31(37)35(22-26-17-19-27(33)20-18-26)30(32(38)34-2)21-25-12-5-3-6-13-25/h3-20,30H,21-23H2,1-2H3,(H,34,38)/t30-/m0/s1. The molecule has 2 amide bonds. The van der Waals surface area contributed by atoms with Crippen molar-refractivity contribution in [2.24, 2.45) is 0 Å². The second-order valence-corrected chi connectivity index (χ2v) is 11.9. The third-order valence-electron chi connectivity index (χ3n) is 6.78. The summed E-state index contributed by atoms with van der Waals surface area (Å²) in [4.78, 5) is 29.0. The summed E-state index contributed by atoms with van der Waals surface area (Å²) in [6.45, 7) is 1.37. The van der Waals surface area contributed by atoms with Crippen LogP contribution in [0.25, 0.3) is 0 Å². The molecule has 1 N–H and O–H groups in total. The SMILES string of the molecule is CNC(=O)[C@H](Cc1ccccc1)N(Cc1ccc(Cl)cc1)C(=O)CN(c1ccccc1C)S(=O)(=O)c1ccccc1. The third kappa shape index (κ3) is 7.34. The number of hydrogen-bond donors (Lipinski definition) is 1. The summed E-state index contributed by atoms with van der Waals surface area (Å²) in [7, 11) is -2.61. The van der Waals surface area contributed by atoms with E-state index in [0.717, 1.165) is 15.4 Å². The van der Waals surface area contributed by atoms with Crippen molar-refractivity contribution in [2.75, 3.05) is 17.9 Å². The van der Waals surface area contributed by atoms with E-state index in [-0.39, 0.29) is 23.8 Å². The molecule has 4 rings (SSSR count). The fraction of sp³-hybridized carbons (Fsp3) is 0.188. The molecule has 0 saturated heterocycles. The van der Waals surface area contributed by atoms with Crippen LogP contribution in [0.4, 0.5) is 5.69 Å². The predicted molar refractivity (Wildman–Crippen MR) is 162 cm³/mol. The van der Waals surface area contributed by atoms with Crippen LogP contribution in [0.5, 0.6) is 0 Å². The van der Waals surface area contributed by atoms with Crippen molar-refractivity contribution in [3.05, 3.63) is 131 Å². The Morgan fingerprint density at radius 1 is 0.805 bits per heavy atom. The highest BCUT2D eigenvalue weighted by atomic mass is 35.5. The number of halogens is 1. The molecule has 0 aliphatic heterocycles. The quantitative estimate of drug-likeness (QED) is 0.260. The van der Waals surface area contributed by atoms with Crippen LogP contribution < -0.4 is 9.62 Å². The lowest BCUT2D eigenvalue weighted by molar-refractivity contribution is -0.139. The van der Waals surface area contributed by atoms with E-state index >= 15 is 0 Å². The Balaban J connectivity index is 1.78. The first-order chi connectivity index (χ1) is 19.7. The van der Waals surface area contributed by atoms with Gasteiger partial charge in [0.25, 0.3) is 10.0 Å². The molecule has 9 heteroatoms. The number of aryl methyl sites for hydroxylation is 1. The Labute approximate surface area is 246 Å². The number of carbonyl (C=O) groups is 2. The highest BCUT2D eigenvalue weighted by molar-refractivity contribution is 7.92. The predicted octanol–water partition coefficient (Wildman–Crippen LogP) is 5.23. The Morgan fingerprint density at radius 3 is 2.00 bits per heavy atom. The van der Waals surface area contributed by atoms with Crippen LogP contribution in [0, 0.1) is 6.92 Å². The lowest BCUT2D eigenvalue weighted by Gasteiger charge is -2.34. The number of amides is 2. The number of nitrogens with one attached hydrogen (secondary N) is 1. The molecular formula is C32H32ClN3O4S. The number of anilines is 1. The van der Waals surface area contributed by atoms with Gasteiger partial charge < -0.3 is 10.2 Å². The van der Waals surface area contributed by atoms with E-state index in [1.807, 2.05) is 36.4 Å². The van der Waals surface area contributed by atoms with E-state index in [9.17, 15) is 18.0 Å². The van der Waals surface area contributed by atoms with Gasteiger partial charge in [-0.2, -0.15) is 0 Å². The molecule has 7 nitrogen and oxygen atoms in total. The van der Waals surface area contributed by atoms with Crippen LogP contribution in [-0.4, -0.2) is 44.8 Å². The molecule has 0 saturated carbocycles. The zero-order valence-electron chi connectivity index (χ0n) is 22.9. The van der Waals surface area contributed by atoms with Gasteiger partial charge in [-0.15, -0.1) is 0 Å². The molecule has 4 aromatic rings. The number of benzene rings is 4. The summed E-state index contributed by atoms with van der Waals surface area (Å²) in [5, 5.41) is 3.22. The minimum Gasteiger partial charge on any atom is -0.357 e. The van der Waals surface area contributed by atoms with Crippen molar-refractivity contribution in [2.45, 2.75) is 30.8 Å². The maximum absolute atomic E-state index is 14.3. The van der Waals surface area contributed by atoms with Gasteiger partial charge in [-0.3, -0.25) is 13.9 Å². The van der Waals surface area contributed by atoms with Gasteiger partial charge in [-0.25, -0.2) is 8.42 Å². The molecule has 0 bridgehead atoms. The van der Waals surface area contributed by atoms with Gasteiger partial charge in [0, 0.05) is 25.0 Å². The van der Waals surface area contributed by atoms with Crippen LogP contribution in [0.15, 0.2) is 114 Å². The number of likely N-dealkylation sites (N-methyl/N-ethyl adjacent to an activating group) is 1. The molecular weight excluding hydrogens is 558 g/mol. The van der Waals surface area contributed by atoms with E-state index in [2.05, 4.69) is 5.32 Å². The van der Waals surface area contributed by atoms with Gasteiger partial charge in [-0.05, 0) is 53.9 Å². The van der Waals surface area contributed by atoms with E-state index in [1.54, 1.807) is 67.6 Å². The molecule has 0 spiro atoms. The Hall–Kier alpha value is -4.14. The first-order valence-corrected chi connectivity index (χ1v) is 15.0. The second kappa shape index (κ2) is 13.5. The number of nitrogens with zero attached hydrogens (tertiary/aromatic N) is 2. The first-order valence-electron chi connectivity index (χ1n) is 13.1. The highest BCUT2D eigenvalue weighted by Crippen LogP contribution is 2.27. The molecule has 0 unspecified atom stereocenters. The third-order valence-corrected chi connectivity index (χ3v) is 8.80. The lowest BCUT2D eigenvalue weighted by atomic mass is 10.0. The molecule has 0 aliphatic carbocycles. The summed E-state index contributed by atoms with van der Waals surface area (Å²) in [5.41, 5.74) is 2.69. The molecule has 0 aromatic heterocycles. The van der Waals surface area contributed by atoms with Gasteiger partial charge in [0.05, 0.1) is 10.6 Å². The minimum absolute atomic E-state index is 0.0624. The van der Waals surface area contributed by atoms with Crippen LogP contribution in [0.1, 0.15) is 16.7 Å². The van der Waals surface area contributed by atoms with E-state index in [0.29, 0.717) is 16.3 Å². The summed E-state index contributed by atoms with van der Waals surface area (Å²) in [6, 6.07) is 30.5. The van der Waals surface area contributed by atoms with Gasteiger partial charge in [0.1, 0.15) is 12.6 Å². The van der Waals surface area contributed by atoms with Crippen molar-refractivity contribution in [1.29, 1.82) is 0 Å². The van der Waals surface area contributed by atoms with E-state index in [1.165, 1.54) is 24.1 Å². The first kappa shape index (κ1) is 29.8. The monoisotopic (exact) mass is 589 g/mol. The molecule has 0 heterocycles. The minimum atomic E-state index is -4.13. The molecule has 0 radical (unpaired) electrons. The molecule has 41 heavy (non-hydrogen) atoms. The van der Waals surface area contributed by atoms with E-state index < -0.39 is 28.5 Å². The molecule has 0 fully saturated rings. The smallest absolute Gasteiger partial charge is 0.264 e. The van der Waals surface area contributed by atoms with Crippen LogP contribution >= 0.6 is 11.6 Å². The fourth-order valence-electron chi connectivity index (χ4n) is 4.58. The number of sulfonamides is 1. The summed E-state index contributed by atoms with van der Waals surface area (Å²) < 4.78 is 29.0. The zero-order chi connectivity index (χ0) is 29.4. The average Bonchev–Trinajstić information content (AvgIpc) is 2.99. The van der Waals surface area contributed by atoms with Crippen LogP contribution in [0.3, 0.4) is 0 Å². The maximum atomic E-state index is 14.3. The largest absolute Gasteiger partial charge is 0.357 e. The Bertz CT molecular complexity index is 1580. The van der Waals surface area contributed by atoms with Crippen molar-refractivity contribution >= 4 is 39.1 Å². The second-order valence-electron chi connectivity index (χ2n) is 9.58. The van der Waals surface area contributed by atoms with Gasteiger partial charge in [0.2, 0.25) is 11.8 Å². The number of rotatable bonds is 11.